The highest BCUT2D eigenvalue weighted by Crippen LogP contribution is 2.20. The first-order chi connectivity index (χ1) is 10.0. The van der Waals surface area contributed by atoms with Crippen molar-refractivity contribution in [3.63, 3.8) is 0 Å². The number of nitrogens with one attached hydrogen (secondary N) is 1. The van der Waals surface area contributed by atoms with Crippen molar-refractivity contribution >= 4 is 22.8 Å². The van der Waals surface area contributed by atoms with E-state index < -0.39 is 12.0 Å². The largest absolute Gasteiger partial charge is 0.480 e. The number of aliphatic carboxylic acids is 1. The molecule has 0 saturated heterocycles. The van der Waals surface area contributed by atoms with Crippen LogP contribution >= 0.6 is 0 Å². The molecule has 0 spiro atoms. The van der Waals surface area contributed by atoms with Gasteiger partial charge in [-0.15, -0.1) is 0 Å². The van der Waals surface area contributed by atoms with Gasteiger partial charge in [0.1, 0.15) is 6.04 Å². The molecule has 0 fully saturated rings. The smallest absolute Gasteiger partial charge is 0.326 e. The molecule has 2 N–H and O–H groups in total. The molecule has 1 aromatic heterocycles. The maximum atomic E-state index is 12.4. The maximum Gasteiger partial charge on any atom is 0.326 e. The third kappa shape index (κ3) is 3.24. The number of hydrogen-bond acceptors (Lipinski definition) is 2. The summed E-state index contributed by atoms with van der Waals surface area (Å²) in [6, 6.07) is 6.73. The minimum Gasteiger partial charge on any atom is -0.480 e. The predicted octanol–water partition coefficient (Wildman–Crippen LogP) is 2.55. The van der Waals surface area contributed by atoms with Crippen LogP contribution < -0.4 is 5.32 Å². The molecule has 1 atom stereocenters. The fraction of sp³-hybridized carbons (Fsp3) is 0.375. The fourth-order valence-corrected chi connectivity index (χ4v) is 2.42. The van der Waals surface area contributed by atoms with Gasteiger partial charge in [0.2, 0.25) is 0 Å². The van der Waals surface area contributed by atoms with Crippen molar-refractivity contribution in [3.8, 4) is 0 Å². The monoisotopic (exact) mass is 288 g/mol. The number of para-hydroxylation sites is 1. The maximum absolute atomic E-state index is 12.4. The lowest BCUT2D eigenvalue weighted by Gasteiger charge is -2.13. The van der Waals surface area contributed by atoms with Gasteiger partial charge in [-0.25, -0.2) is 4.79 Å². The van der Waals surface area contributed by atoms with Crippen LogP contribution in [0.2, 0.25) is 0 Å². The molecule has 0 aliphatic rings. The zero-order valence-corrected chi connectivity index (χ0v) is 12.3. The van der Waals surface area contributed by atoms with E-state index in [9.17, 15) is 14.7 Å². The van der Waals surface area contributed by atoms with Crippen molar-refractivity contribution in [2.24, 2.45) is 7.05 Å². The van der Waals surface area contributed by atoms with Crippen LogP contribution in [0.5, 0.6) is 0 Å². The number of benzene rings is 1. The number of hydrogen-bond donors (Lipinski definition) is 2. The van der Waals surface area contributed by atoms with Crippen LogP contribution in [0.4, 0.5) is 0 Å². The van der Waals surface area contributed by atoms with E-state index in [1.54, 1.807) is 6.20 Å². The number of rotatable bonds is 6. The number of fused-ring (bicyclic) bond motifs is 1. The van der Waals surface area contributed by atoms with E-state index in [1.807, 2.05) is 42.8 Å². The van der Waals surface area contributed by atoms with Crippen molar-refractivity contribution in [2.45, 2.75) is 32.2 Å². The molecule has 0 unspecified atom stereocenters. The minimum absolute atomic E-state index is 0.338. The normalized spacial score (nSPS) is 12.3. The lowest BCUT2D eigenvalue weighted by Crippen LogP contribution is -2.40. The molecule has 0 aliphatic heterocycles. The molecule has 0 radical (unpaired) electrons. The van der Waals surface area contributed by atoms with Gasteiger partial charge in [-0.2, -0.15) is 0 Å². The Morgan fingerprint density at radius 3 is 2.71 bits per heavy atom. The SMILES string of the molecule is CCCC[C@@H](NC(=O)c1cn(C)c2ccccc12)C(=O)O. The molecule has 1 aromatic carbocycles. The molecule has 5 heteroatoms. The first-order valence-electron chi connectivity index (χ1n) is 7.12. The van der Waals surface area contributed by atoms with Crippen LogP contribution in [0.3, 0.4) is 0 Å². The van der Waals surface area contributed by atoms with Crippen LogP contribution in [0.15, 0.2) is 30.5 Å². The summed E-state index contributed by atoms with van der Waals surface area (Å²) in [5, 5.41) is 12.6. The summed E-state index contributed by atoms with van der Waals surface area (Å²) in [6.07, 6.45) is 3.85. The summed E-state index contributed by atoms with van der Waals surface area (Å²) >= 11 is 0. The Morgan fingerprint density at radius 2 is 2.05 bits per heavy atom. The number of unbranched alkanes of at least 4 members (excludes halogenated alkanes) is 1. The molecule has 2 aromatic rings. The quantitative estimate of drug-likeness (QED) is 0.858. The number of carboxylic acid groups (broad SMARTS) is 1. The van der Waals surface area contributed by atoms with Crippen LogP contribution in [-0.2, 0) is 11.8 Å². The molecule has 21 heavy (non-hydrogen) atoms. The fourth-order valence-electron chi connectivity index (χ4n) is 2.42. The Kier molecular flexibility index (Phi) is 4.62. The van der Waals surface area contributed by atoms with Crippen molar-refractivity contribution < 1.29 is 14.7 Å². The van der Waals surface area contributed by atoms with E-state index in [1.165, 1.54) is 0 Å². The molecule has 0 bridgehead atoms. The molecular weight excluding hydrogens is 268 g/mol. The summed E-state index contributed by atoms with van der Waals surface area (Å²) < 4.78 is 1.87. The van der Waals surface area contributed by atoms with Gasteiger partial charge in [0.15, 0.2) is 0 Å². The van der Waals surface area contributed by atoms with E-state index in [0.717, 1.165) is 23.7 Å². The second kappa shape index (κ2) is 6.43. The zero-order valence-electron chi connectivity index (χ0n) is 12.3. The zero-order chi connectivity index (χ0) is 15.4. The van der Waals surface area contributed by atoms with Crippen molar-refractivity contribution in [1.29, 1.82) is 0 Å². The van der Waals surface area contributed by atoms with Gasteiger partial charge < -0.3 is 15.0 Å². The summed E-state index contributed by atoms with van der Waals surface area (Å²) in [4.78, 5) is 23.6. The molecule has 2 rings (SSSR count). The minimum atomic E-state index is -0.989. The summed E-state index contributed by atoms with van der Waals surface area (Å²) in [5.74, 6) is -1.33. The van der Waals surface area contributed by atoms with Gasteiger partial charge in [-0.3, -0.25) is 4.79 Å². The van der Waals surface area contributed by atoms with Gasteiger partial charge in [0.25, 0.3) is 5.91 Å². The van der Waals surface area contributed by atoms with E-state index in [4.69, 9.17) is 0 Å². The van der Waals surface area contributed by atoms with Crippen molar-refractivity contribution in [3.05, 3.63) is 36.0 Å². The number of carboxylic acids is 1. The average Bonchev–Trinajstić information content (AvgIpc) is 2.81. The van der Waals surface area contributed by atoms with Gasteiger partial charge >= 0.3 is 5.97 Å². The number of carbonyl (C=O) groups is 2. The highest BCUT2D eigenvalue weighted by molar-refractivity contribution is 6.07. The Morgan fingerprint density at radius 1 is 1.33 bits per heavy atom. The van der Waals surface area contributed by atoms with E-state index in [0.29, 0.717) is 12.0 Å². The van der Waals surface area contributed by atoms with E-state index >= 15 is 0 Å². The number of aromatic nitrogens is 1. The van der Waals surface area contributed by atoms with Gasteiger partial charge in [0, 0.05) is 24.1 Å². The molecule has 1 amide bonds. The third-order valence-electron chi connectivity index (χ3n) is 3.59. The lowest BCUT2D eigenvalue weighted by molar-refractivity contribution is -0.139. The highest BCUT2D eigenvalue weighted by Gasteiger charge is 2.22. The topological polar surface area (TPSA) is 71.3 Å². The Bertz CT molecular complexity index is 661. The van der Waals surface area contributed by atoms with Gasteiger partial charge in [-0.05, 0) is 12.5 Å². The third-order valence-corrected chi connectivity index (χ3v) is 3.59. The van der Waals surface area contributed by atoms with E-state index in [2.05, 4.69) is 5.32 Å². The number of nitrogens with zero attached hydrogens (tertiary/aromatic N) is 1. The number of carbonyl (C=O) groups excluding carboxylic acids is 1. The number of amides is 1. The van der Waals surface area contributed by atoms with Crippen LogP contribution in [-0.4, -0.2) is 27.6 Å². The molecular formula is C16H20N2O3. The molecule has 5 nitrogen and oxygen atoms in total. The highest BCUT2D eigenvalue weighted by atomic mass is 16.4. The average molecular weight is 288 g/mol. The first-order valence-corrected chi connectivity index (χ1v) is 7.12. The molecule has 112 valence electrons. The van der Waals surface area contributed by atoms with Crippen LogP contribution in [0.1, 0.15) is 36.5 Å². The first kappa shape index (κ1) is 15.1. The van der Waals surface area contributed by atoms with E-state index in [-0.39, 0.29) is 5.91 Å². The Hall–Kier alpha value is -2.30. The summed E-state index contributed by atoms with van der Waals surface area (Å²) in [7, 11) is 1.87. The summed E-state index contributed by atoms with van der Waals surface area (Å²) in [6.45, 7) is 1.99. The van der Waals surface area contributed by atoms with Crippen molar-refractivity contribution in [2.75, 3.05) is 0 Å². The lowest BCUT2D eigenvalue weighted by atomic mass is 10.1. The Labute approximate surface area is 123 Å². The second-order valence-corrected chi connectivity index (χ2v) is 5.18. The molecule has 1 heterocycles. The Balaban J connectivity index is 2.23. The summed E-state index contributed by atoms with van der Waals surface area (Å²) in [5.41, 5.74) is 1.46. The second-order valence-electron chi connectivity index (χ2n) is 5.18. The van der Waals surface area contributed by atoms with Crippen LogP contribution in [0.25, 0.3) is 10.9 Å². The van der Waals surface area contributed by atoms with Gasteiger partial charge in [0.05, 0.1) is 5.56 Å². The van der Waals surface area contributed by atoms with Crippen LogP contribution in [0, 0.1) is 0 Å². The van der Waals surface area contributed by atoms with Crippen molar-refractivity contribution in [1.82, 2.24) is 9.88 Å². The predicted molar refractivity (Wildman–Crippen MR) is 81.3 cm³/mol. The molecule has 0 saturated carbocycles. The molecule has 0 aliphatic carbocycles. The number of aryl methyl sites for hydroxylation is 1. The van der Waals surface area contributed by atoms with Gasteiger partial charge in [-0.1, -0.05) is 38.0 Å². The standard InChI is InChI=1S/C16H20N2O3/c1-3-4-8-13(16(20)21)17-15(19)12-10-18(2)14-9-6-5-7-11(12)14/h5-7,9-10,13H,3-4,8H2,1-2H3,(H,17,19)(H,20,21)/t13-/m1/s1.